The van der Waals surface area contributed by atoms with Gasteiger partial charge >= 0.3 is 0 Å². The van der Waals surface area contributed by atoms with E-state index in [1.54, 1.807) is 12.1 Å². The molecule has 19 heavy (non-hydrogen) atoms. The number of phenols is 1. The van der Waals surface area contributed by atoms with Crippen molar-refractivity contribution < 1.29 is 9.90 Å². The van der Waals surface area contributed by atoms with Crippen LogP contribution in [0, 0.1) is 0 Å². The summed E-state index contributed by atoms with van der Waals surface area (Å²) in [7, 11) is 0. The van der Waals surface area contributed by atoms with Crippen LogP contribution in [0.4, 0.5) is 0 Å². The van der Waals surface area contributed by atoms with Gasteiger partial charge in [0.1, 0.15) is 5.75 Å². The molecule has 1 aromatic rings. The molecule has 1 aliphatic carbocycles. The molecule has 0 fully saturated rings. The first kappa shape index (κ1) is 14.0. The molecule has 2 rings (SSSR count). The first-order valence-corrected chi connectivity index (χ1v) is 7.60. The number of hydrogen-bond donors (Lipinski definition) is 1. The maximum absolute atomic E-state index is 12.2. The molecule has 0 atom stereocenters. The predicted octanol–water partition coefficient (Wildman–Crippen LogP) is 3.40. The fourth-order valence-electron chi connectivity index (χ4n) is 2.20. The molecule has 0 saturated carbocycles. The van der Waals surface area contributed by atoms with Crippen LogP contribution in [0.1, 0.15) is 26.2 Å². The number of phenolic OH excluding ortho intramolecular Hbond substituents is 1. The van der Waals surface area contributed by atoms with Gasteiger partial charge in [-0.2, -0.15) is 0 Å². The van der Waals surface area contributed by atoms with E-state index in [1.165, 1.54) is 17.5 Å². The van der Waals surface area contributed by atoms with E-state index in [4.69, 9.17) is 0 Å². The predicted molar refractivity (Wildman–Crippen MR) is 78.2 cm³/mol. The fraction of sp³-hybridized carbons (Fsp3) is 0.400. The van der Waals surface area contributed by atoms with E-state index in [9.17, 15) is 9.90 Å². The van der Waals surface area contributed by atoms with Crippen molar-refractivity contribution in [2.75, 3.05) is 12.3 Å². The number of carbonyl (C=O) groups excluding carboxylic acids is 1. The quantitative estimate of drug-likeness (QED) is 0.839. The third-order valence-corrected chi connectivity index (χ3v) is 4.18. The minimum absolute atomic E-state index is 0.161. The van der Waals surface area contributed by atoms with Crippen LogP contribution < -0.4 is 0 Å². The summed E-state index contributed by atoms with van der Waals surface area (Å²) in [6.07, 6.45) is 5.44. The highest BCUT2D eigenvalue weighted by molar-refractivity contribution is 8.00. The molecule has 0 unspecified atom stereocenters. The molecule has 1 aliphatic rings. The zero-order valence-corrected chi connectivity index (χ0v) is 11.9. The second kappa shape index (κ2) is 6.66. The van der Waals surface area contributed by atoms with E-state index in [0.29, 0.717) is 5.75 Å². The first-order valence-electron chi connectivity index (χ1n) is 6.62. The Labute approximate surface area is 118 Å². The van der Waals surface area contributed by atoms with E-state index in [-0.39, 0.29) is 11.7 Å². The number of benzene rings is 1. The maximum Gasteiger partial charge on any atom is 0.237 e. The van der Waals surface area contributed by atoms with Gasteiger partial charge in [0.25, 0.3) is 0 Å². The van der Waals surface area contributed by atoms with Crippen molar-refractivity contribution in [2.24, 2.45) is 0 Å². The summed E-state index contributed by atoms with van der Waals surface area (Å²) in [5.74, 6) is 0.853. The van der Waals surface area contributed by atoms with Gasteiger partial charge in [0.2, 0.25) is 5.91 Å². The summed E-state index contributed by atoms with van der Waals surface area (Å²) in [4.78, 5) is 15.1. The average molecular weight is 277 g/mol. The Kier molecular flexibility index (Phi) is 4.91. The number of nitrogens with zero attached hydrogens (tertiary/aromatic N) is 1. The normalized spacial score (nSPS) is 14.3. The molecular weight excluding hydrogens is 258 g/mol. The van der Waals surface area contributed by atoms with Crippen molar-refractivity contribution in [3.8, 4) is 5.75 Å². The summed E-state index contributed by atoms with van der Waals surface area (Å²) in [6, 6.07) is 6.95. The smallest absolute Gasteiger partial charge is 0.237 e. The molecule has 3 nitrogen and oxygen atoms in total. The van der Waals surface area contributed by atoms with Gasteiger partial charge in [-0.05, 0) is 50.5 Å². The third-order valence-electron chi connectivity index (χ3n) is 3.18. The monoisotopic (exact) mass is 277 g/mol. The number of amides is 1. The standard InChI is InChI=1S/C15H19NO2S/c1-2-16(12-5-3-4-6-12)15(18)11-19-14-9-7-13(17)8-10-14/h5,7-10,17H,2-4,6,11H2,1H3. The Morgan fingerprint density at radius 3 is 2.68 bits per heavy atom. The van der Waals surface area contributed by atoms with Crippen LogP contribution in [0.2, 0.25) is 0 Å². The van der Waals surface area contributed by atoms with Gasteiger partial charge in [0.05, 0.1) is 5.75 Å². The van der Waals surface area contributed by atoms with Crippen LogP contribution in [0.5, 0.6) is 5.75 Å². The molecule has 0 saturated heterocycles. The highest BCUT2D eigenvalue weighted by atomic mass is 32.2. The topological polar surface area (TPSA) is 40.5 Å². The minimum Gasteiger partial charge on any atom is -0.508 e. The molecule has 1 aromatic carbocycles. The van der Waals surface area contributed by atoms with Crippen LogP contribution in [0.25, 0.3) is 0 Å². The number of thioether (sulfide) groups is 1. The Morgan fingerprint density at radius 1 is 1.37 bits per heavy atom. The van der Waals surface area contributed by atoms with Gasteiger partial charge < -0.3 is 10.0 Å². The summed E-state index contributed by atoms with van der Waals surface area (Å²) in [5.41, 5.74) is 1.18. The lowest BCUT2D eigenvalue weighted by Crippen LogP contribution is -2.31. The number of rotatable bonds is 5. The average Bonchev–Trinajstić information content (AvgIpc) is 2.93. The molecule has 0 aliphatic heterocycles. The molecule has 0 spiro atoms. The van der Waals surface area contributed by atoms with Gasteiger partial charge in [-0.3, -0.25) is 4.79 Å². The lowest BCUT2D eigenvalue weighted by atomic mass is 10.3. The van der Waals surface area contributed by atoms with Crippen molar-refractivity contribution in [1.82, 2.24) is 4.90 Å². The minimum atomic E-state index is 0.161. The van der Waals surface area contributed by atoms with Crippen molar-refractivity contribution in [3.05, 3.63) is 36.0 Å². The van der Waals surface area contributed by atoms with Gasteiger partial charge in [0, 0.05) is 17.1 Å². The molecule has 0 radical (unpaired) electrons. The second-order valence-electron chi connectivity index (χ2n) is 4.51. The number of carbonyl (C=O) groups is 1. The van der Waals surface area contributed by atoms with Crippen LogP contribution in [0.15, 0.2) is 40.9 Å². The number of aromatic hydroxyl groups is 1. The van der Waals surface area contributed by atoms with E-state index in [2.05, 4.69) is 6.08 Å². The van der Waals surface area contributed by atoms with E-state index < -0.39 is 0 Å². The highest BCUT2D eigenvalue weighted by Crippen LogP contribution is 2.24. The van der Waals surface area contributed by atoms with Crippen molar-refractivity contribution in [3.63, 3.8) is 0 Å². The van der Waals surface area contributed by atoms with Crippen LogP contribution in [-0.4, -0.2) is 28.2 Å². The van der Waals surface area contributed by atoms with E-state index >= 15 is 0 Å². The Balaban J connectivity index is 1.90. The van der Waals surface area contributed by atoms with Gasteiger partial charge in [-0.15, -0.1) is 11.8 Å². The zero-order chi connectivity index (χ0) is 13.7. The Morgan fingerprint density at radius 2 is 2.11 bits per heavy atom. The molecule has 0 bridgehead atoms. The Bertz CT molecular complexity index is 468. The zero-order valence-electron chi connectivity index (χ0n) is 11.1. The van der Waals surface area contributed by atoms with Gasteiger partial charge in [-0.1, -0.05) is 6.08 Å². The lowest BCUT2D eigenvalue weighted by molar-refractivity contribution is -0.126. The van der Waals surface area contributed by atoms with Crippen LogP contribution >= 0.6 is 11.8 Å². The largest absolute Gasteiger partial charge is 0.508 e. The molecule has 1 N–H and O–H groups in total. The summed E-state index contributed by atoms with van der Waals surface area (Å²) in [5, 5.41) is 9.21. The van der Waals surface area contributed by atoms with Crippen molar-refractivity contribution in [1.29, 1.82) is 0 Å². The van der Waals surface area contributed by atoms with Crippen molar-refractivity contribution >= 4 is 17.7 Å². The molecule has 102 valence electrons. The number of hydrogen-bond acceptors (Lipinski definition) is 3. The molecule has 0 heterocycles. The summed E-state index contributed by atoms with van der Waals surface area (Å²) in [6.45, 7) is 2.75. The molecule has 0 aromatic heterocycles. The maximum atomic E-state index is 12.2. The van der Waals surface area contributed by atoms with Gasteiger partial charge in [0.15, 0.2) is 0 Å². The fourth-order valence-corrected chi connectivity index (χ4v) is 2.98. The summed E-state index contributed by atoms with van der Waals surface area (Å²) < 4.78 is 0. The second-order valence-corrected chi connectivity index (χ2v) is 5.56. The van der Waals surface area contributed by atoms with Crippen molar-refractivity contribution in [2.45, 2.75) is 31.1 Å². The van der Waals surface area contributed by atoms with Crippen LogP contribution in [-0.2, 0) is 4.79 Å². The third kappa shape index (κ3) is 3.77. The van der Waals surface area contributed by atoms with E-state index in [1.807, 2.05) is 24.0 Å². The first-order chi connectivity index (χ1) is 9.20. The molecule has 1 amide bonds. The lowest BCUT2D eigenvalue weighted by Gasteiger charge is -2.22. The highest BCUT2D eigenvalue weighted by Gasteiger charge is 2.18. The number of allylic oxidation sites excluding steroid dienone is 2. The molecular formula is C15H19NO2S. The summed E-state index contributed by atoms with van der Waals surface area (Å²) >= 11 is 1.51. The SMILES string of the molecule is CCN(C(=O)CSc1ccc(O)cc1)C1=CCCC1. The van der Waals surface area contributed by atoms with Crippen LogP contribution in [0.3, 0.4) is 0 Å². The Hall–Kier alpha value is -1.42. The van der Waals surface area contributed by atoms with E-state index in [0.717, 1.165) is 30.7 Å². The van der Waals surface area contributed by atoms with Gasteiger partial charge in [-0.25, -0.2) is 0 Å². The molecule has 4 heteroatoms.